The summed E-state index contributed by atoms with van der Waals surface area (Å²) >= 11 is 2.23. The molecule has 1 heterocycles. The molecule has 0 aliphatic carbocycles. The number of hydrogen-bond donors (Lipinski definition) is 0. The molecule has 1 fully saturated rings. The predicted molar refractivity (Wildman–Crippen MR) is 75.5 cm³/mol. The first kappa shape index (κ1) is 13.3. The third-order valence-corrected chi connectivity index (χ3v) is 5.72. The van der Waals surface area contributed by atoms with E-state index in [1.54, 1.807) is 16.4 Å². The van der Waals surface area contributed by atoms with Gasteiger partial charge in [-0.1, -0.05) is 17.7 Å². The van der Waals surface area contributed by atoms with Gasteiger partial charge < -0.3 is 0 Å². The number of nitrogens with zero attached hydrogens (tertiary/aromatic N) is 2. The fraction of sp³-hybridized carbons (Fsp3) is 0.455. The quantitative estimate of drug-likeness (QED) is 0.591. The van der Waals surface area contributed by atoms with Crippen LogP contribution in [-0.2, 0) is 10.0 Å². The second-order valence-electron chi connectivity index (χ2n) is 4.13. The summed E-state index contributed by atoms with van der Waals surface area (Å²) in [5.74, 6) is 0. The first-order valence-electron chi connectivity index (χ1n) is 5.48. The van der Waals surface area contributed by atoms with Crippen LogP contribution in [0.5, 0.6) is 0 Å². The maximum atomic E-state index is 12.3. The lowest BCUT2D eigenvalue weighted by molar-refractivity contribution is 0.304. The monoisotopic (exact) mass is 366 g/mol. The summed E-state index contributed by atoms with van der Waals surface area (Å²) in [6, 6.07) is 7.03. The molecule has 2 rings (SSSR count). The Kier molecular flexibility index (Phi) is 4.06. The molecule has 94 valence electrons. The summed E-state index contributed by atoms with van der Waals surface area (Å²) in [5.41, 5.74) is 1.07. The molecule has 6 heteroatoms. The third-order valence-electron chi connectivity index (χ3n) is 2.84. The van der Waals surface area contributed by atoms with E-state index in [9.17, 15) is 8.42 Å². The summed E-state index contributed by atoms with van der Waals surface area (Å²) in [6.07, 6.45) is 0. The first-order valence-corrected chi connectivity index (χ1v) is 7.88. The van der Waals surface area contributed by atoms with Crippen LogP contribution in [0, 0.1) is 6.92 Å². The summed E-state index contributed by atoms with van der Waals surface area (Å²) in [7, 11) is -3.30. The van der Waals surface area contributed by atoms with E-state index in [-0.39, 0.29) is 0 Å². The average Bonchev–Trinajstić information content (AvgIpc) is 2.30. The molecule has 0 spiro atoms. The highest BCUT2D eigenvalue weighted by molar-refractivity contribution is 14.1. The maximum absolute atomic E-state index is 12.3. The molecular formula is C11H15IN2O2S. The van der Waals surface area contributed by atoms with E-state index >= 15 is 0 Å². The van der Waals surface area contributed by atoms with Gasteiger partial charge in [0.1, 0.15) is 0 Å². The summed E-state index contributed by atoms with van der Waals surface area (Å²) in [4.78, 5) is 0.394. The zero-order chi connectivity index (χ0) is 12.5. The van der Waals surface area contributed by atoms with Gasteiger partial charge in [0.25, 0.3) is 0 Å². The van der Waals surface area contributed by atoms with Crippen LogP contribution in [0.2, 0.25) is 0 Å². The molecule has 1 saturated heterocycles. The average molecular weight is 366 g/mol. The van der Waals surface area contributed by atoms with E-state index in [1.807, 2.05) is 19.1 Å². The predicted octanol–water partition coefficient (Wildman–Crippen LogP) is 1.65. The minimum absolute atomic E-state index is 0.394. The summed E-state index contributed by atoms with van der Waals surface area (Å²) in [6.45, 7) is 4.65. The van der Waals surface area contributed by atoms with Crippen LogP contribution in [0.15, 0.2) is 29.2 Å². The van der Waals surface area contributed by atoms with Crippen molar-refractivity contribution in [3.05, 3.63) is 29.8 Å². The number of rotatable bonds is 2. The minimum atomic E-state index is -3.30. The van der Waals surface area contributed by atoms with Crippen LogP contribution in [0.25, 0.3) is 0 Å². The fourth-order valence-electron chi connectivity index (χ4n) is 1.76. The highest BCUT2D eigenvalue weighted by Crippen LogP contribution is 2.18. The second kappa shape index (κ2) is 5.21. The molecule has 0 bridgehead atoms. The Hall–Kier alpha value is -0.180. The minimum Gasteiger partial charge on any atom is -0.245 e. The lowest BCUT2D eigenvalue weighted by Crippen LogP contribution is -2.45. The molecule has 1 aromatic rings. The Morgan fingerprint density at radius 3 is 2.12 bits per heavy atom. The van der Waals surface area contributed by atoms with Crippen molar-refractivity contribution in [2.24, 2.45) is 0 Å². The Labute approximate surface area is 116 Å². The molecule has 0 amide bonds. The van der Waals surface area contributed by atoms with E-state index in [4.69, 9.17) is 0 Å². The van der Waals surface area contributed by atoms with Gasteiger partial charge in [-0.05, 0) is 19.1 Å². The number of halogens is 1. The van der Waals surface area contributed by atoms with Gasteiger partial charge in [0.2, 0.25) is 10.0 Å². The number of sulfonamides is 1. The second-order valence-corrected chi connectivity index (χ2v) is 7.43. The zero-order valence-corrected chi connectivity index (χ0v) is 12.6. The largest absolute Gasteiger partial charge is 0.245 e. The van der Waals surface area contributed by atoms with Gasteiger partial charge in [-0.2, -0.15) is 4.31 Å². The SMILES string of the molecule is Cc1ccc(S(=O)(=O)N2CCN(I)CC2)cc1. The number of piperazine rings is 1. The summed E-state index contributed by atoms with van der Waals surface area (Å²) in [5, 5.41) is 0. The van der Waals surface area contributed by atoms with Crippen molar-refractivity contribution >= 4 is 32.9 Å². The van der Waals surface area contributed by atoms with E-state index in [0.29, 0.717) is 18.0 Å². The topological polar surface area (TPSA) is 40.6 Å². The van der Waals surface area contributed by atoms with E-state index in [1.165, 1.54) is 0 Å². The Morgan fingerprint density at radius 2 is 1.59 bits per heavy atom. The molecular weight excluding hydrogens is 351 g/mol. The molecule has 1 aromatic carbocycles. The number of hydrogen-bond acceptors (Lipinski definition) is 3. The van der Waals surface area contributed by atoms with Crippen LogP contribution in [0.3, 0.4) is 0 Å². The lowest BCUT2D eigenvalue weighted by atomic mass is 10.2. The molecule has 17 heavy (non-hydrogen) atoms. The molecule has 0 saturated carbocycles. The molecule has 0 aromatic heterocycles. The molecule has 1 aliphatic rings. The van der Waals surface area contributed by atoms with Gasteiger partial charge in [0, 0.05) is 49.0 Å². The van der Waals surface area contributed by atoms with Crippen molar-refractivity contribution in [1.82, 2.24) is 7.42 Å². The molecule has 1 aliphatic heterocycles. The van der Waals surface area contributed by atoms with Crippen molar-refractivity contribution < 1.29 is 8.42 Å². The van der Waals surface area contributed by atoms with Crippen LogP contribution in [-0.4, -0.2) is 42.0 Å². The van der Waals surface area contributed by atoms with Crippen molar-refractivity contribution in [3.63, 3.8) is 0 Å². The lowest BCUT2D eigenvalue weighted by Gasteiger charge is -2.30. The van der Waals surface area contributed by atoms with Crippen molar-refractivity contribution in [3.8, 4) is 0 Å². The Balaban J connectivity index is 2.21. The highest BCUT2D eigenvalue weighted by atomic mass is 127. The van der Waals surface area contributed by atoms with Crippen LogP contribution in [0.4, 0.5) is 0 Å². The van der Waals surface area contributed by atoms with Crippen LogP contribution >= 0.6 is 22.9 Å². The number of aryl methyl sites for hydroxylation is 1. The summed E-state index contributed by atoms with van der Waals surface area (Å²) < 4.78 is 28.3. The van der Waals surface area contributed by atoms with Gasteiger partial charge in [-0.25, -0.2) is 11.5 Å². The first-order chi connectivity index (χ1) is 8.00. The Morgan fingerprint density at radius 1 is 1.06 bits per heavy atom. The van der Waals surface area contributed by atoms with Crippen molar-refractivity contribution in [2.45, 2.75) is 11.8 Å². The maximum Gasteiger partial charge on any atom is 0.243 e. The molecule has 0 unspecified atom stereocenters. The van der Waals surface area contributed by atoms with Crippen molar-refractivity contribution in [1.29, 1.82) is 0 Å². The van der Waals surface area contributed by atoms with Crippen LogP contribution in [0.1, 0.15) is 5.56 Å². The van der Waals surface area contributed by atoms with Gasteiger partial charge in [-0.15, -0.1) is 0 Å². The fourth-order valence-corrected chi connectivity index (χ4v) is 3.62. The third kappa shape index (κ3) is 2.98. The van der Waals surface area contributed by atoms with Gasteiger partial charge in [0.05, 0.1) is 4.90 Å². The number of benzene rings is 1. The van der Waals surface area contributed by atoms with Crippen LogP contribution < -0.4 is 0 Å². The highest BCUT2D eigenvalue weighted by Gasteiger charge is 2.27. The zero-order valence-electron chi connectivity index (χ0n) is 9.63. The normalized spacial score (nSPS) is 19.4. The molecule has 0 atom stereocenters. The van der Waals surface area contributed by atoms with E-state index < -0.39 is 10.0 Å². The van der Waals surface area contributed by atoms with Gasteiger partial charge in [-0.3, -0.25) is 0 Å². The molecule has 0 radical (unpaired) electrons. The standard InChI is InChI=1S/C11H15IN2O2S/c1-10-2-4-11(5-3-10)17(15,16)14-8-6-13(12)7-9-14/h2-5H,6-9H2,1H3. The van der Waals surface area contributed by atoms with Gasteiger partial charge >= 0.3 is 0 Å². The Bertz CT molecular complexity index is 479. The van der Waals surface area contributed by atoms with E-state index in [2.05, 4.69) is 26.0 Å². The van der Waals surface area contributed by atoms with E-state index in [0.717, 1.165) is 18.7 Å². The van der Waals surface area contributed by atoms with Gasteiger partial charge in [0.15, 0.2) is 0 Å². The smallest absolute Gasteiger partial charge is 0.243 e. The molecule has 0 N–H and O–H groups in total. The molecule has 4 nitrogen and oxygen atoms in total. The van der Waals surface area contributed by atoms with Crippen molar-refractivity contribution in [2.75, 3.05) is 26.2 Å².